The molecule has 0 N–H and O–H groups in total. The normalized spacial score (nSPS) is 20.3. The zero-order chi connectivity index (χ0) is 20.5. The molecule has 2 aliphatic rings. The number of hydrogen-bond acceptors (Lipinski definition) is 4. The van der Waals surface area contributed by atoms with Gasteiger partial charge >= 0.3 is 0 Å². The van der Waals surface area contributed by atoms with E-state index < -0.39 is 0 Å². The molecule has 2 heterocycles. The van der Waals surface area contributed by atoms with Gasteiger partial charge in [0.2, 0.25) is 11.8 Å². The first-order chi connectivity index (χ1) is 14.7. The molecule has 6 heteroatoms. The SMILES string of the molecule is Clc1ccccc1C1COC(c2cccc(C3=NC(c4ccccc4Cl)CO3)c2)=N1. The zero-order valence-corrected chi connectivity index (χ0v) is 17.5. The molecule has 2 unspecified atom stereocenters. The highest BCUT2D eigenvalue weighted by molar-refractivity contribution is 6.31. The van der Waals surface area contributed by atoms with Gasteiger partial charge in [0.1, 0.15) is 25.3 Å². The van der Waals surface area contributed by atoms with Gasteiger partial charge in [-0.25, -0.2) is 9.98 Å². The standard InChI is InChI=1S/C24H18Cl2N2O2/c25-19-10-3-1-8-17(19)21-13-29-23(27-21)15-6-5-7-16(12-15)24-28-22(14-30-24)18-9-2-4-11-20(18)26/h1-12,21-22H,13-14H2. The molecular weight excluding hydrogens is 419 g/mol. The molecule has 4 nitrogen and oxygen atoms in total. The van der Waals surface area contributed by atoms with Crippen molar-refractivity contribution in [3.8, 4) is 0 Å². The average molecular weight is 437 g/mol. The Morgan fingerprint density at radius 3 is 1.57 bits per heavy atom. The number of nitrogens with zero attached hydrogens (tertiary/aromatic N) is 2. The van der Waals surface area contributed by atoms with Gasteiger partial charge < -0.3 is 9.47 Å². The largest absolute Gasteiger partial charge is 0.475 e. The van der Waals surface area contributed by atoms with Crippen LogP contribution in [-0.4, -0.2) is 25.0 Å². The second-order valence-corrected chi connectivity index (χ2v) is 7.96. The van der Waals surface area contributed by atoms with Gasteiger partial charge in [-0.3, -0.25) is 0 Å². The predicted octanol–water partition coefficient (Wildman–Crippen LogP) is 6.03. The van der Waals surface area contributed by atoms with E-state index in [4.69, 9.17) is 42.7 Å². The van der Waals surface area contributed by atoms with Gasteiger partial charge in [-0.1, -0.05) is 65.7 Å². The first kappa shape index (κ1) is 19.2. The van der Waals surface area contributed by atoms with Crippen molar-refractivity contribution in [2.24, 2.45) is 9.98 Å². The summed E-state index contributed by atoms with van der Waals surface area (Å²) in [6, 6.07) is 23.1. The van der Waals surface area contributed by atoms with Crippen molar-refractivity contribution >= 4 is 35.0 Å². The maximum Gasteiger partial charge on any atom is 0.216 e. The van der Waals surface area contributed by atoms with E-state index in [9.17, 15) is 0 Å². The van der Waals surface area contributed by atoms with E-state index in [0.29, 0.717) is 35.1 Å². The Balaban J connectivity index is 1.40. The topological polar surface area (TPSA) is 43.2 Å². The summed E-state index contributed by atoms with van der Waals surface area (Å²) < 4.78 is 11.8. The second kappa shape index (κ2) is 8.13. The van der Waals surface area contributed by atoms with E-state index in [1.165, 1.54) is 0 Å². The van der Waals surface area contributed by atoms with Crippen LogP contribution in [0.3, 0.4) is 0 Å². The number of hydrogen-bond donors (Lipinski definition) is 0. The molecule has 0 aromatic heterocycles. The van der Waals surface area contributed by atoms with Crippen molar-refractivity contribution < 1.29 is 9.47 Å². The summed E-state index contributed by atoms with van der Waals surface area (Å²) in [5.41, 5.74) is 3.71. The quantitative estimate of drug-likeness (QED) is 0.500. The number of rotatable bonds is 4. The van der Waals surface area contributed by atoms with Crippen LogP contribution >= 0.6 is 23.2 Å². The number of halogens is 2. The fourth-order valence-electron chi connectivity index (χ4n) is 3.66. The van der Waals surface area contributed by atoms with E-state index in [1.54, 1.807) is 0 Å². The van der Waals surface area contributed by atoms with Crippen molar-refractivity contribution in [1.29, 1.82) is 0 Å². The minimum Gasteiger partial charge on any atom is -0.475 e. The van der Waals surface area contributed by atoms with Gasteiger partial charge in [0, 0.05) is 21.2 Å². The second-order valence-electron chi connectivity index (χ2n) is 7.15. The minimum atomic E-state index is -0.109. The molecule has 2 aliphatic heterocycles. The molecule has 3 aromatic rings. The average Bonchev–Trinajstić information content (AvgIpc) is 3.45. The monoisotopic (exact) mass is 436 g/mol. The summed E-state index contributed by atoms with van der Waals surface area (Å²) in [7, 11) is 0. The number of aliphatic imine (C=N–C) groups is 2. The van der Waals surface area contributed by atoms with Crippen LogP contribution in [0.15, 0.2) is 82.8 Å². The van der Waals surface area contributed by atoms with Crippen LogP contribution in [-0.2, 0) is 9.47 Å². The highest BCUT2D eigenvalue weighted by Crippen LogP contribution is 2.32. The first-order valence-corrected chi connectivity index (χ1v) is 10.5. The van der Waals surface area contributed by atoms with Gasteiger partial charge in [-0.15, -0.1) is 0 Å². The molecule has 3 aromatic carbocycles. The van der Waals surface area contributed by atoms with Crippen molar-refractivity contribution in [2.75, 3.05) is 13.2 Å². The molecule has 0 spiro atoms. The Morgan fingerprint density at radius 2 is 1.10 bits per heavy atom. The summed E-state index contributed by atoms with van der Waals surface area (Å²) in [6.45, 7) is 0.935. The molecule has 30 heavy (non-hydrogen) atoms. The molecular formula is C24H18Cl2N2O2. The summed E-state index contributed by atoms with van der Waals surface area (Å²) in [4.78, 5) is 9.49. The Morgan fingerprint density at radius 1 is 0.633 bits per heavy atom. The summed E-state index contributed by atoms with van der Waals surface area (Å²) in [5, 5.41) is 1.40. The summed E-state index contributed by atoms with van der Waals surface area (Å²) in [5.74, 6) is 1.20. The van der Waals surface area contributed by atoms with Gasteiger partial charge in [-0.05, 0) is 41.5 Å². The van der Waals surface area contributed by atoms with Crippen LogP contribution in [0.2, 0.25) is 10.0 Å². The lowest BCUT2D eigenvalue weighted by Crippen LogP contribution is -2.05. The predicted molar refractivity (Wildman–Crippen MR) is 120 cm³/mol. The van der Waals surface area contributed by atoms with Crippen molar-refractivity contribution in [3.05, 3.63) is 105 Å². The fourth-order valence-corrected chi connectivity index (χ4v) is 4.18. The third-order valence-corrected chi connectivity index (χ3v) is 5.88. The molecule has 0 saturated carbocycles. The van der Waals surface area contributed by atoms with E-state index in [0.717, 1.165) is 22.3 Å². The van der Waals surface area contributed by atoms with E-state index in [2.05, 4.69) is 0 Å². The van der Waals surface area contributed by atoms with Gasteiger partial charge in [-0.2, -0.15) is 0 Å². The van der Waals surface area contributed by atoms with E-state index in [-0.39, 0.29) is 12.1 Å². The number of ether oxygens (including phenoxy) is 2. The maximum absolute atomic E-state index is 6.32. The lowest BCUT2D eigenvalue weighted by atomic mass is 10.1. The molecule has 150 valence electrons. The third-order valence-electron chi connectivity index (χ3n) is 5.19. The van der Waals surface area contributed by atoms with Crippen LogP contribution < -0.4 is 0 Å². The zero-order valence-electron chi connectivity index (χ0n) is 16.0. The van der Waals surface area contributed by atoms with Crippen molar-refractivity contribution in [2.45, 2.75) is 12.1 Å². The van der Waals surface area contributed by atoms with Crippen LogP contribution in [0.4, 0.5) is 0 Å². The lowest BCUT2D eigenvalue weighted by Gasteiger charge is -2.06. The fraction of sp³-hybridized carbons (Fsp3) is 0.167. The van der Waals surface area contributed by atoms with Crippen molar-refractivity contribution in [3.63, 3.8) is 0 Å². The molecule has 0 saturated heterocycles. The Labute approximate surface area is 184 Å². The molecule has 5 rings (SSSR count). The minimum absolute atomic E-state index is 0.109. The van der Waals surface area contributed by atoms with Crippen LogP contribution in [0.1, 0.15) is 34.3 Å². The molecule has 0 aliphatic carbocycles. The maximum atomic E-state index is 6.32. The van der Waals surface area contributed by atoms with Crippen LogP contribution in [0, 0.1) is 0 Å². The summed E-state index contributed by atoms with van der Waals surface area (Å²) in [6.07, 6.45) is 0. The summed E-state index contributed by atoms with van der Waals surface area (Å²) >= 11 is 12.6. The molecule has 0 radical (unpaired) electrons. The van der Waals surface area contributed by atoms with Crippen LogP contribution in [0.25, 0.3) is 0 Å². The van der Waals surface area contributed by atoms with E-state index in [1.807, 2.05) is 72.8 Å². The number of benzene rings is 3. The smallest absolute Gasteiger partial charge is 0.216 e. The van der Waals surface area contributed by atoms with Crippen LogP contribution in [0.5, 0.6) is 0 Å². The third kappa shape index (κ3) is 3.69. The molecule has 0 fully saturated rings. The highest BCUT2D eigenvalue weighted by atomic mass is 35.5. The lowest BCUT2D eigenvalue weighted by molar-refractivity contribution is 0.319. The Kier molecular flexibility index (Phi) is 5.19. The van der Waals surface area contributed by atoms with Gasteiger partial charge in [0.25, 0.3) is 0 Å². The van der Waals surface area contributed by atoms with E-state index >= 15 is 0 Å². The van der Waals surface area contributed by atoms with Gasteiger partial charge in [0.05, 0.1) is 0 Å². The van der Waals surface area contributed by atoms with Gasteiger partial charge in [0.15, 0.2) is 0 Å². The van der Waals surface area contributed by atoms with Crippen molar-refractivity contribution in [1.82, 2.24) is 0 Å². The molecule has 0 amide bonds. The molecule has 0 bridgehead atoms. The Bertz CT molecular complexity index is 1070. The molecule has 2 atom stereocenters. The Hall–Kier alpha value is -2.82. The first-order valence-electron chi connectivity index (χ1n) is 9.70. The highest BCUT2D eigenvalue weighted by Gasteiger charge is 2.26.